The summed E-state index contributed by atoms with van der Waals surface area (Å²) in [7, 11) is -4.37. The van der Waals surface area contributed by atoms with Gasteiger partial charge >= 0.3 is 7.60 Å². The number of nitrogens with zero attached hydrogens (tertiary/aromatic N) is 2. The number of hydrogen-bond acceptors (Lipinski definition) is 5. The molecular weight excluding hydrogens is 287 g/mol. The van der Waals surface area contributed by atoms with Gasteiger partial charge in [-0.2, -0.15) is 4.98 Å². The first-order valence-electron chi connectivity index (χ1n) is 5.88. The van der Waals surface area contributed by atoms with Crippen molar-refractivity contribution in [2.75, 3.05) is 0 Å². The highest BCUT2D eigenvalue weighted by molar-refractivity contribution is 7.53. The van der Waals surface area contributed by atoms with Crippen molar-refractivity contribution in [3.63, 3.8) is 0 Å². The lowest BCUT2D eigenvalue weighted by Crippen LogP contribution is -2.26. The number of aromatic nitrogens is 2. The van der Waals surface area contributed by atoms with Gasteiger partial charge in [-0.15, -0.1) is 11.3 Å². The van der Waals surface area contributed by atoms with Gasteiger partial charge in [0, 0.05) is 0 Å². The van der Waals surface area contributed by atoms with Crippen LogP contribution >= 0.6 is 18.9 Å². The van der Waals surface area contributed by atoms with Gasteiger partial charge in [-0.05, 0) is 24.3 Å². The average molecular weight is 302 g/mol. The van der Waals surface area contributed by atoms with E-state index in [1.54, 1.807) is 13.8 Å². The summed E-state index contributed by atoms with van der Waals surface area (Å²) in [6, 6.07) is 3.67. The summed E-state index contributed by atoms with van der Waals surface area (Å²) in [5.74, 6) is 0.374. The van der Waals surface area contributed by atoms with E-state index in [4.69, 9.17) is 4.52 Å². The van der Waals surface area contributed by atoms with Crippen LogP contribution in [0.3, 0.4) is 0 Å². The smallest absolute Gasteiger partial charge is 0.333 e. The van der Waals surface area contributed by atoms with Crippen molar-refractivity contribution in [3.05, 3.63) is 23.3 Å². The molecule has 19 heavy (non-hydrogen) atoms. The summed E-state index contributed by atoms with van der Waals surface area (Å²) in [4.78, 5) is 24.2. The van der Waals surface area contributed by atoms with Gasteiger partial charge in [-0.25, -0.2) is 0 Å². The largest absolute Gasteiger partial charge is 0.339 e. The second kappa shape index (κ2) is 5.17. The van der Waals surface area contributed by atoms with Crippen molar-refractivity contribution in [2.24, 2.45) is 0 Å². The number of rotatable bonds is 5. The highest BCUT2D eigenvalue weighted by Gasteiger charge is 2.49. The van der Waals surface area contributed by atoms with Crippen molar-refractivity contribution >= 4 is 18.9 Å². The summed E-state index contributed by atoms with van der Waals surface area (Å²) in [5, 5.41) is 4.28. The molecule has 2 heterocycles. The molecule has 2 aromatic rings. The SMILES string of the molecule is CCC(CC)(c1noc(-c2cccs2)n1)P(=O)(O)O. The predicted molar refractivity (Wildman–Crippen MR) is 71.9 cm³/mol. The zero-order valence-corrected chi connectivity index (χ0v) is 12.3. The van der Waals surface area contributed by atoms with E-state index in [9.17, 15) is 14.4 Å². The first kappa shape index (κ1) is 14.4. The Hall–Kier alpha value is -1.01. The Bertz CT molecular complexity index is 586. The normalized spacial score (nSPS) is 12.8. The molecule has 0 aliphatic rings. The van der Waals surface area contributed by atoms with Gasteiger partial charge in [0.25, 0.3) is 5.89 Å². The van der Waals surface area contributed by atoms with E-state index in [2.05, 4.69) is 10.1 Å². The molecule has 0 amide bonds. The van der Waals surface area contributed by atoms with E-state index < -0.39 is 12.8 Å². The third-order valence-corrected chi connectivity index (χ3v) is 6.11. The van der Waals surface area contributed by atoms with Crippen LogP contribution in [0, 0.1) is 0 Å². The molecule has 0 atom stereocenters. The number of hydrogen-bond donors (Lipinski definition) is 2. The Morgan fingerprint density at radius 1 is 1.42 bits per heavy atom. The maximum Gasteiger partial charge on any atom is 0.339 e. The molecule has 0 spiro atoms. The maximum absolute atomic E-state index is 11.8. The van der Waals surface area contributed by atoms with Gasteiger partial charge in [0.05, 0.1) is 4.88 Å². The molecule has 0 unspecified atom stereocenters. The van der Waals surface area contributed by atoms with Crippen LogP contribution < -0.4 is 0 Å². The lowest BCUT2D eigenvalue weighted by atomic mass is 10.0. The van der Waals surface area contributed by atoms with E-state index in [1.165, 1.54) is 11.3 Å². The van der Waals surface area contributed by atoms with Crippen LogP contribution in [0.1, 0.15) is 32.5 Å². The van der Waals surface area contributed by atoms with Crippen molar-refractivity contribution in [2.45, 2.75) is 31.8 Å². The van der Waals surface area contributed by atoms with Crippen LogP contribution in [0.4, 0.5) is 0 Å². The fourth-order valence-corrected chi connectivity index (χ4v) is 3.84. The molecule has 2 N–H and O–H groups in total. The molecule has 0 saturated carbocycles. The second-order valence-electron chi connectivity index (χ2n) is 4.18. The molecule has 0 aliphatic carbocycles. The fourth-order valence-electron chi connectivity index (χ4n) is 2.02. The maximum atomic E-state index is 11.8. The van der Waals surface area contributed by atoms with E-state index >= 15 is 0 Å². The van der Waals surface area contributed by atoms with Crippen molar-refractivity contribution in [1.29, 1.82) is 0 Å². The third-order valence-electron chi connectivity index (χ3n) is 3.30. The lowest BCUT2D eigenvalue weighted by molar-refractivity contribution is 0.302. The zero-order chi connectivity index (χ0) is 14.1. The molecular formula is C11H15N2O4PS. The molecule has 0 aromatic carbocycles. The van der Waals surface area contributed by atoms with Crippen LogP contribution in [-0.2, 0) is 9.72 Å². The summed E-state index contributed by atoms with van der Waals surface area (Å²) < 4.78 is 16.9. The predicted octanol–water partition coefficient (Wildman–Crippen LogP) is 2.99. The van der Waals surface area contributed by atoms with Crippen LogP contribution in [0.25, 0.3) is 10.8 Å². The summed E-state index contributed by atoms with van der Waals surface area (Å²) in [6.45, 7) is 3.42. The Labute approximate surface area is 114 Å². The topological polar surface area (TPSA) is 96.5 Å². The lowest BCUT2D eigenvalue weighted by Gasteiger charge is -2.28. The van der Waals surface area contributed by atoms with Crippen LogP contribution in [0.15, 0.2) is 22.0 Å². The minimum absolute atomic E-state index is 0.0780. The van der Waals surface area contributed by atoms with Gasteiger partial charge in [-0.3, -0.25) is 4.57 Å². The number of thiophene rings is 1. The molecule has 2 rings (SSSR count). The molecule has 8 heteroatoms. The van der Waals surface area contributed by atoms with Crippen molar-refractivity contribution in [3.8, 4) is 10.8 Å². The quantitative estimate of drug-likeness (QED) is 0.824. The van der Waals surface area contributed by atoms with Crippen LogP contribution in [-0.4, -0.2) is 19.9 Å². The van der Waals surface area contributed by atoms with Gasteiger partial charge in [0.15, 0.2) is 5.82 Å². The van der Waals surface area contributed by atoms with Crippen LogP contribution in [0.2, 0.25) is 0 Å². The van der Waals surface area contributed by atoms with Crippen LogP contribution in [0.5, 0.6) is 0 Å². The zero-order valence-electron chi connectivity index (χ0n) is 10.6. The standard InChI is InChI=1S/C11H15N2O4PS/c1-3-11(4-2,18(14,15)16)10-12-9(17-13-10)8-6-5-7-19-8/h5-7H,3-4H2,1-2H3,(H2,14,15,16). The third kappa shape index (κ3) is 2.39. The Balaban J connectivity index is 2.48. The first-order valence-corrected chi connectivity index (χ1v) is 8.37. The molecule has 0 saturated heterocycles. The Morgan fingerprint density at radius 3 is 2.58 bits per heavy atom. The molecule has 2 aromatic heterocycles. The first-order chi connectivity index (χ1) is 8.94. The van der Waals surface area contributed by atoms with Gasteiger partial charge in [-0.1, -0.05) is 25.1 Å². The molecule has 0 bridgehead atoms. The monoisotopic (exact) mass is 302 g/mol. The van der Waals surface area contributed by atoms with Gasteiger partial charge in [0.1, 0.15) is 5.16 Å². The van der Waals surface area contributed by atoms with Crippen molar-refractivity contribution in [1.82, 2.24) is 10.1 Å². The fraction of sp³-hybridized carbons (Fsp3) is 0.455. The average Bonchev–Trinajstić information content (AvgIpc) is 3.00. The summed E-state index contributed by atoms with van der Waals surface area (Å²) in [5.41, 5.74) is 0. The Morgan fingerprint density at radius 2 is 2.11 bits per heavy atom. The summed E-state index contributed by atoms with van der Waals surface area (Å²) in [6.07, 6.45) is 0.494. The molecule has 0 fully saturated rings. The molecule has 6 nitrogen and oxygen atoms in total. The molecule has 0 aliphatic heterocycles. The minimum Gasteiger partial charge on any atom is -0.333 e. The summed E-state index contributed by atoms with van der Waals surface area (Å²) >= 11 is 1.43. The highest BCUT2D eigenvalue weighted by atomic mass is 32.1. The second-order valence-corrected chi connectivity index (χ2v) is 7.07. The highest BCUT2D eigenvalue weighted by Crippen LogP contribution is 2.60. The Kier molecular flexibility index (Phi) is 3.92. The van der Waals surface area contributed by atoms with E-state index in [1.807, 2.05) is 17.5 Å². The van der Waals surface area contributed by atoms with Gasteiger partial charge < -0.3 is 14.3 Å². The minimum atomic E-state index is -4.37. The van der Waals surface area contributed by atoms with Crippen molar-refractivity contribution < 1.29 is 18.9 Å². The van der Waals surface area contributed by atoms with E-state index in [0.717, 1.165) is 4.88 Å². The molecule has 104 valence electrons. The van der Waals surface area contributed by atoms with E-state index in [0.29, 0.717) is 5.89 Å². The molecule has 0 radical (unpaired) electrons. The van der Waals surface area contributed by atoms with Gasteiger partial charge in [0.2, 0.25) is 0 Å². The van der Waals surface area contributed by atoms with E-state index in [-0.39, 0.29) is 18.7 Å².